The Kier molecular flexibility index (Phi) is 7.93. The lowest BCUT2D eigenvalue weighted by Crippen LogP contribution is -2.50. The molecule has 1 aliphatic carbocycles. The maximum absolute atomic E-state index is 13.2. The highest BCUT2D eigenvalue weighted by atomic mass is 16.5. The number of carbonyl (C=O) groups excluding carboxylic acids is 2. The predicted octanol–water partition coefficient (Wildman–Crippen LogP) is 3.86. The predicted molar refractivity (Wildman–Crippen MR) is 120 cm³/mol. The van der Waals surface area contributed by atoms with Crippen LogP contribution in [-0.4, -0.2) is 42.5 Å². The van der Waals surface area contributed by atoms with Crippen LogP contribution in [0, 0.1) is 6.92 Å². The second-order valence-corrected chi connectivity index (χ2v) is 8.05. The Bertz CT molecular complexity index is 893. The van der Waals surface area contributed by atoms with Gasteiger partial charge in [-0.25, -0.2) is 0 Å². The van der Waals surface area contributed by atoms with Gasteiger partial charge >= 0.3 is 0 Å². The third-order valence-electron chi connectivity index (χ3n) is 5.89. The zero-order valence-electron chi connectivity index (χ0n) is 18.6. The molecule has 3 rings (SSSR count). The van der Waals surface area contributed by atoms with Crippen molar-refractivity contribution in [1.29, 1.82) is 0 Å². The fraction of sp³-hybridized carbons (Fsp3) is 0.440. The highest BCUT2D eigenvalue weighted by molar-refractivity contribution is 5.88. The van der Waals surface area contributed by atoms with Crippen molar-refractivity contribution in [3.63, 3.8) is 0 Å². The van der Waals surface area contributed by atoms with E-state index in [1.807, 2.05) is 43.3 Å². The van der Waals surface area contributed by atoms with Gasteiger partial charge in [-0.3, -0.25) is 9.59 Å². The molecule has 31 heavy (non-hydrogen) atoms. The minimum atomic E-state index is -0.603. The van der Waals surface area contributed by atoms with E-state index < -0.39 is 6.04 Å². The van der Waals surface area contributed by atoms with Gasteiger partial charge in [0.1, 0.15) is 6.04 Å². The Morgan fingerprint density at radius 3 is 2.39 bits per heavy atom. The number of nitrogens with zero attached hydrogens (tertiary/aromatic N) is 1. The lowest BCUT2D eigenvalue weighted by atomic mass is 10.1. The summed E-state index contributed by atoms with van der Waals surface area (Å²) >= 11 is 0. The van der Waals surface area contributed by atoms with E-state index in [2.05, 4.69) is 5.32 Å². The second kappa shape index (κ2) is 10.8. The summed E-state index contributed by atoms with van der Waals surface area (Å²) in [6, 6.07) is 14.7. The largest absolute Gasteiger partial charge is 0.493 e. The molecular weight excluding hydrogens is 392 g/mol. The number of methoxy groups -OCH3 is 1. The zero-order valence-corrected chi connectivity index (χ0v) is 18.6. The van der Waals surface area contributed by atoms with Crippen molar-refractivity contribution >= 4 is 11.8 Å². The number of hydrogen-bond acceptors (Lipinski definition) is 4. The number of benzene rings is 2. The molecule has 1 atom stereocenters. The molecule has 166 valence electrons. The maximum Gasteiger partial charge on any atom is 0.261 e. The molecule has 2 aromatic rings. The van der Waals surface area contributed by atoms with Gasteiger partial charge in [0.15, 0.2) is 18.1 Å². The molecule has 0 heterocycles. The average molecular weight is 425 g/mol. The Morgan fingerprint density at radius 2 is 1.71 bits per heavy atom. The summed E-state index contributed by atoms with van der Waals surface area (Å²) in [4.78, 5) is 27.7. The number of hydrogen-bond donors (Lipinski definition) is 1. The van der Waals surface area contributed by atoms with Crippen molar-refractivity contribution in [2.24, 2.45) is 0 Å². The summed E-state index contributed by atoms with van der Waals surface area (Å²) in [5.74, 6) is 0.694. The molecule has 0 saturated heterocycles. The van der Waals surface area contributed by atoms with E-state index in [9.17, 15) is 9.59 Å². The van der Waals surface area contributed by atoms with Crippen LogP contribution in [0.1, 0.15) is 43.7 Å². The van der Waals surface area contributed by atoms with Crippen LogP contribution in [0.15, 0.2) is 48.5 Å². The van der Waals surface area contributed by atoms with Gasteiger partial charge < -0.3 is 19.7 Å². The SMILES string of the molecule is COc1ccccc1OCC(=O)N(Cc1ccccc1C)C(C)C(=O)NC1CCCC1. The summed E-state index contributed by atoms with van der Waals surface area (Å²) in [5.41, 5.74) is 2.09. The first-order valence-corrected chi connectivity index (χ1v) is 10.9. The van der Waals surface area contributed by atoms with Gasteiger partial charge in [-0.2, -0.15) is 0 Å². The van der Waals surface area contributed by atoms with Gasteiger partial charge in [-0.05, 0) is 49.9 Å². The van der Waals surface area contributed by atoms with E-state index >= 15 is 0 Å². The van der Waals surface area contributed by atoms with Crippen LogP contribution in [-0.2, 0) is 16.1 Å². The van der Waals surface area contributed by atoms with Crippen molar-refractivity contribution in [2.75, 3.05) is 13.7 Å². The molecule has 1 saturated carbocycles. The number of aryl methyl sites for hydroxylation is 1. The first kappa shape index (κ1) is 22.7. The van der Waals surface area contributed by atoms with Crippen LogP contribution in [0.2, 0.25) is 0 Å². The summed E-state index contributed by atoms with van der Waals surface area (Å²) in [6.07, 6.45) is 4.28. The number of para-hydroxylation sites is 2. The molecule has 1 unspecified atom stereocenters. The lowest BCUT2D eigenvalue weighted by Gasteiger charge is -2.30. The molecule has 6 nitrogen and oxygen atoms in total. The van der Waals surface area contributed by atoms with E-state index in [-0.39, 0.29) is 24.5 Å². The Morgan fingerprint density at radius 1 is 1.06 bits per heavy atom. The first-order valence-electron chi connectivity index (χ1n) is 10.9. The normalized spacial score (nSPS) is 14.7. The van der Waals surface area contributed by atoms with E-state index in [0.717, 1.165) is 36.8 Å². The van der Waals surface area contributed by atoms with Gasteiger partial charge in [0.2, 0.25) is 5.91 Å². The fourth-order valence-electron chi connectivity index (χ4n) is 3.91. The molecule has 0 aromatic heterocycles. The minimum absolute atomic E-state index is 0.119. The molecule has 0 radical (unpaired) electrons. The number of rotatable bonds is 9. The summed E-state index contributed by atoms with van der Waals surface area (Å²) < 4.78 is 11.0. The molecular formula is C25H32N2O4. The Labute approximate surface area is 184 Å². The zero-order chi connectivity index (χ0) is 22.2. The minimum Gasteiger partial charge on any atom is -0.493 e. The van der Waals surface area contributed by atoms with Crippen LogP contribution in [0.25, 0.3) is 0 Å². The fourth-order valence-corrected chi connectivity index (χ4v) is 3.91. The van der Waals surface area contributed by atoms with Crippen LogP contribution in [0.3, 0.4) is 0 Å². The third kappa shape index (κ3) is 6.00. The van der Waals surface area contributed by atoms with Gasteiger partial charge in [0.05, 0.1) is 7.11 Å². The van der Waals surface area contributed by atoms with E-state index in [4.69, 9.17) is 9.47 Å². The van der Waals surface area contributed by atoms with Gasteiger partial charge in [-0.15, -0.1) is 0 Å². The highest BCUT2D eigenvalue weighted by Gasteiger charge is 2.29. The van der Waals surface area contributed by atoms with E-state index in [1.54, 1.807) is 31.1 Å². The number of amides is 2. The average Bonchev–Trinajstić information content (AvgIpc) is 3.29. The van der Waals surface area contributed by atoms with Crippen LogP contribution >= 0.6 is 0 Å². The van der Waals surface area contributed by atoms with Crippen LogP contribution < -0.4 is 14.8 Å². The molecule has 0 aliphatic heterocycles. The van der Waals surface area contributed by atoms with Crippen LogP contribution in [0.4, 0.5) is 0 Å². The molecule has 2 aromatic carbocycles. The molecule has 1 N–H and O–H groups in total. The number of carbonyl (C=O) groups is 2. The molecule has 1 fully saturated rings. The lowest BCUT2D eigenvalue weighted by molar-refractivity contribution is -0.142. The molecule has 6 heteroatoms. The maximum atomic E-state index is 13.2. The summed E-state index contributed by atoms with van der Waals surface area (Å²) in [5, 5.41) is 3.11. The van der Waals surface area contributed by atoms with Crippen molar-refractivity contribution < 1.29 is 19.1 Å². The number of nitrogens with one attached hydrogen (secondary N) is 1. The second-order valence-electron chi connectivity index (χ2n) is 8.05. The van der Waals surface area contributed by atoms with Gasteiger partial charge in [0, 0.05) is 12.6 Å². The number of ether oxygens (including phenoxy) is 2. The van der Waals surface area contributed by atoms with Gasteiger partial charge in [-0.1, -0.05) is 49.2 Å². The van der Waals surface area contributed by atoms with E-state index in [1.165, 1.54) is 0 Å². The molecule has 0 spiro atoms. The first-order chi connectivity index (χ1) is 15.0. The monoisotopic (exact) mass is 424 g/mol. The smallest absolute Gasteiger partial charge is 0.261 e. The van der Waals surface area contributed by atoms with Crippen molar-refractivity contribution in [2.45, 2.75) is 58.2 Å². The van der Waals surface area contributed by atoms with Crippen molar-refractivity contribution in [3.8, 4) is 11.5 Å². The van der Waals surface area contributed by atoms with Crippen LogP contribution in [0.5, 0.6) is 11.5 Å². The topological polar surface area (TPSA) is 67.9 Å². The molecule has 0 bridgehead atoms. The molecule has 1 aliphatic rings. The quantitative estimate of drug-likeness (QED) is 0.664. The third-order valence-corrected chi connectivity index (χ3v) is 5.89. The van der Waals surface area contributed by atoms with Crippen molar-refractivity contribution in [1.82, 2.24) is 10.2 Å². The summed E-state index contributed by atoms with van der Waals surface area (Å²) in [7, 11) is 1.56. The standard InChI is InChI=1S/C25H32N2O4/c1-18-10-4-5-11-20(18)16-27(19(2)25(29)26-21-12-6-7-13-21)24(28)17-31-23-15-9-8-14-22(23)30-3/h4-5,8-11,14-15,19,21H,6-7,12-13,16-17H2,1-3H3,(H,26,29). The highest BCUT2D eigenvalue weighted by Crippen LogP contribution is 2.26. The molecule has 2 amide bonds. The Hall–Kier alpha value is -3.02. The van der Waals surface area contributed by atoms with Gasteiger partial charge in [0.25, 0.3) is 5.91 Å². The Balaban J connectivity index is 1.74. The van der Waals surface area contributed by atoms with Crippen molar-refractivity contribution in [3.05, 3.63) is 59.7 Å². The summed E-state index contributed by atoms with van der Waals surface area (Å²) in [6.45, 7) is 3.96. The van der Waals surface area contributed by atoms with E-state index in [0.29, 0.717) is 18.0 Å².